The number of carboxylic acids is 1. The van der Waals surface area contributed by atoms with Crippen LogP contribution >= 0.6 is 0 Å². The molecule has 1 atom stereocenters. The van der Waals surface area contributed by atoms with E-state index in [1.807, 2.05) is 0 Å². The molecule has 1 aliphatic rings. The standard InChI is InChI=1S/C11H17NO4/c1-7-5-6-12(8(7)9(13)14)10(15)16-11(2,3)4/h8H,1,5-6H2,2-4H3,(H,13,14). The van der Waals surface area contributed by atoms with E-state index in [4.69, 9.17) is 9.84 Å². The Kier molecular flexibility index (Phi) is 3.26. The molecule has 5 heteroatoms. The summed E-state index contributed by atoms with van der Waals surface area (Å²) < 4.78 is 5.13. The van der Waals surface area contributed by atoms with Crippen LogP contribution in [0.4, 0.5) is 4.79 Å². The summed E-state index contributed by atoms with van der Waals surface area (Å²) in [5, 5.41) is 8.99. The molecule has 0 bridgehead atoms. The Hall–Kier alpha value is -1.52. The fourth-order valence-corrected chi connectivity index (χ4v) is 1.58. The van der Waals surface area contributed by atoms with Crippen molar-refractivity contribution < 1.29 is 19.4 Å². The lowest BCUT2D eigenvalue weighted by Gasteiger charge is -2.26. The van der Waals surface area contributed by atoms with Gasteiger partial charge in [-0.15, -0.1) is 0 Å². The van der Waals surface area contributed by atoms with Gasteiger partial charge in [0.15, 0.2) is 6.04 Å². The molecular weight excluding hydrogens is 210 g/mol. The first kappa shape index (κ1) is 12.5. The average Bonchev–Trinajstić information content (AvgIpc) is 2.43. The number of carbonyl (C=O) groups excluding carboxylic acids is 1. The van der Waals surface area contributed by atoms with Crippen LogP contribution in [-0.2, 0) is 9.53 Å². The molecule has 0 aliphatic carbocycles. The Balaban J connectivity index is 2.77. The summed E-state index contributed by atoms with van der Waals surface area (Å²) in [7, 11) is 0. The van der Waals surface area contributed by atoms with Crippen molar-refractivity contribution in [2.75, 3.05) is 6.54 Å². The normalized spacial score (nSPS) is 21.1. The largest absolute Gasteiger partial charge is 0.479 e. The van der Waals surface area contributed by atoms with Gasteiger partial charge in [0.1, 0.15) is 5.60 Å². The molecule has 16 heavy (non-hydrogen) atoms. The van der Waals surface area contributed by atoms with E-state index in [1.54, 1.807) is 20.8 Å². The highest BCUT2D eigenvalue weighted by Crippen LogP contribution is 2.24. The van der Waals surface area contributed by atoms with E-state index in [0.29, 0.717) is 18.5 Å². The monoisotopic (exact) mass is 227 g/mol. The third kappa shape index (κ3) is 2.74. The number of hydrogen-bond donors (Lipinski definition) is 1. The number of rotatable bonds is 1. The minimum Gasteiger partial charge on any atom is -0.479 e. The molecule has 0 saturated carbocycles. The fourth-order valence-electron chi connectivity index (χ4n) is 1.58. The summed E-state index contributed by atoms with van der Waals surface area (Å²) in [6.07, 6.45) is -0.0884. The molecule has 1 heterocycles. The first-order valence-electron chi connectivity index (χ1n) is 5.12. The van der Waals surface area contributed by atoms with Crippen LogP contribution in [0.1, 0.15) is 27.2 Å². The summed E-state index contributed by atoms with van der Waals surface area (Å²) in [6, 6.07) is -0.949. The van der Waals surface area contributed by atoms with Crippen molar-refractivity contribution in [2.45, 2.75) is 38.8 Å². The predicted octanol–water partition coefficient (Wildman–Crippen LogP) is 1.64. The second kappa shape index (κ2) is 4.15. The van der Waals surface area contributed by atoms with Crippen molar-refractivity contribution in [2.24, 2.45) is 0 Å². The van der Waals surface area contributed by atoms with Gasteiger partial charge in [-0.3, -0.25) is 4.90 Å². The number of carbonyl (C=O) groups is 2. The van der Waals surface area contributed by atoms with Gasteiger partial charge in [0.05, 0.1) is 0 Å². The van der Waals surface area contributed by atoms with Gasteiger partial charge in [0, 0.05) is 6.54 Å². The van der Waals surface area contributed by atoms with Gasteiger partial charge in [-0.05, 0) is 32.8 Å². The van der Waals surface area contributed by atoms with Crippen molar-refractivity contribution >= 4 is 12.1 Å². The summed E-state index contributed by atoms with van der Waals surface area (Å²) in [6.45, 7) is 9.23. The summed E-state index contributed by atoms with van der Waals surface area (Å²) in [4.78, 5) is 23.9. The maximum atomic E-state index is 11.7. The summed E-state index contributed by atoms with van der Waals surface area (Å²) >= 11 is 0. The lowest BCUT2D eigenvalue weighted by Crippen LogP contribution is -2.43. The fraction of sp³-hybridized carbons (Fsp3) is 0.636. The van der Waals surface area contributed by atoms with Crippen LogP contribution in [0.15, 0.2) is 12.2 Å². The molecule has 0 aromatic heterocycles. The highest BCUT2D eigenvalue weighted by molar-refractivity contribution is 5.84. The number of hydrogen-bond acceptors (Lipinski definition) is 3. The second-order valence-electron chi connectivity index (χ2n) is 4.82. The molecule has 1 N–H and O–H groups in total. The maximum absolute atomic E-state index is 11.7. The van der Waals surface area contributed by atoms with Gasteiger partial charge in [0.2, 0.25) is 0 Å². The van der Waals surface area contributed by atoms with E-state index >= 15 is 0 Å². The average molecular weight is 227 g/mol. The molecule has 1 rings (SSSR count). The Morgan fingerprint density at radius 3 is 2.50 bits per heavy atom. The van der Waals surface area contributed by atoms with Crippen molar-refractivity contribution in [3.05, 3.63) is 12.2 Å². The van der Waals surface area contributed by atoms with Crippen LogP contribution < -0.4 is 0 Å². The van der Waals surface area contributed by atoms with E-state index in [0.717, 1.165) is 0 Å². The molecule has 1 aliphatic heterocycles. The summed E-state index contributed by atoms with van der Waals surface area (Å²) in [5.41, 5.74) is -0.0808. The van der Waals surface area contributed by atoms with Crippen molar-refractivity contribution in [3.63, 3.8) is 0 Å². The maximum Gasteiger partial charge on any atom is 0.411 e. The zero-order chi connectivity index (χ0) is 12.5. The molecule has 0 aromatic carbocycles. The van der Waals surface area contributed by atoms with Crippen LogP contribution in [0.2, 0.25) is 0 Å². The van der Waals surface area contributed by atoms with E-state index in [2.05, 4.69) is 6.58 Å². The molecule has 5 nitrogen and oxygen atoms in total. The molecule has 1 amide bonds. The number of aliphatic carboxylic acids is 1. The van der Waals surface area contributed by atoms with Gasteiger partial charge in [-0.2, -0.15) is 0 Å². The molecule has 0 aromatic rings. The zero-order valence-electron chi connectivity index (χ0n) is 9.82. The predicted molar refractivity (Wildman–Crippen MR) is 58.1 cm³/mol. The first-order chi connectivity index (χ1) is 7.22. The Morgan fingerprint density at radius 2 is 2.06 bits per heavy atom. The van der Waals surface area contributed by atoms with E-state index in [9.17, 15) is 9.59 Å². The number of carboxylic acid groups (broad SMARTS) is 1. The minimum atomic E-state index is -1.06. The van der Waals surface area contributed by atoms with Crippen molar-refractivity contribution in [1.29, 1.82) is 0 Å². The smallest absolute Gasteiger partial charge is 0.411 e. The first-order valence-corrected chi connectivity index (χ1v) is 5.12. The molecule has 0 radical (unpaired) electrons. The SMILES string of the molecule is C=C1CCN(C(=O)OC(C)(C)C)C1C(=O)O. The second-order valence-corrected chi connectivity index (χ2v) is 4.82. The lowest BCUT2D eigenvalue weighted by molar-refractivity contribution is -0.140. The third-order valence-electron chi connectivity index (χ3n) is 2.23. The van der Waals surface area contributed by atoms with Crippen LogP contribution in [0.25, 0.3) is 0 Å². The van der Waals surface area contributed by atoms with Crippen LogP contribution in [0.5, 0.6) is 0 Å². The van der Waals surface area contributed by atoms with Crippen LogP contribution in [0.3, 0.4) is 0 Å². The Morgan fingerprint density at radius 1 is 1.50 bits per heavy atom. The van der Waals surface area contributed by atoms with Crippen LogP contribution in [-0.4, -0.2) is 40.3 Å². The van der Waals surface area contributed by atoms with Crippen molar-refractivity contribution in [3.8, 4) is 0 Å². The number of likely N-dealkylation sites (tertiary alicyclic amines) is 1. The Labute approximate surface area is 94.7 Å². The van der Waals surface area contributed by atoms with E-state index < -0.39 is 23.7 Å². The van der Waals surface area contributed by atoms with Gasteiger partial charge in [-0.25, -0.2) is 9.59 Å². The highest BCUT2D eigenvalue weighted by Gasteiger charge is 2.38. The molecule has 90 valence electrons. The van der Waals surface area contributed by atoms with E-state index in [-0.39, 0.29) is 0 Å². The topological polar surface area (TPSA) is 66.8 Å². The number of ether oxygens (including phenoxy) is 1. The summed E-state index contributed by atoms with van der Waals surface area (Å²) in [5.74, 6) is -1.06. The molecule has 1 unspecified atom stereocenters. The third-order valence-corrected chi connectivity index (χ3v) is 2.23. The quantitative estimate of drug-likeness (QED) is 0.691. The van der Waals surface area contributed by atoms with Gasteiger partial charge in [-0.1, -0.05) is 6.58 Å². The molecule has 1 saturated heterocycles. The van der Waals surface area contributed by atoms with Crippen molar-refractivity contribution in [1.82, 2.24) is 4.90 Å². The van der Waals surface area contributed by atoms with E-state index in [1.165, 1.54) is 4.90 Å². The zero-order valence-corrected chi connectivity index (χ0v) is 9.82. The van der Waals surface area contributed by atoms with Crippen LogP contribution in [0, 0.1) is 0 Å². The number of nitrogens with zero attached hydrogens (tertiary/aromatic N) is 1. The Bertz CT molecular complexity index is 329. The highest BCUT2D eigenvalue weighted by atomic mass is 16.6. The molecular formula is C11H17NO4. The molecule has 1 fully saturated rings. The number of amides is 1. The van der Waals surface area contributed by atoms with Gasteiger partial charge in [0.25, 0.3) is 0 Å². The lowest BCUT2D eigenvalue weighted by atomic mass is 10.1. The van der Waals surface area contributed by atoms with Gasteiger partial charge < -0.3 is 9.84 Å². The molecule has 0 spiro atoms. The minimum absolute atomic E-state index is 0.352. The van der Waals surface area contributed by atoms with Gasteiger partial charge >= 0.3 is 12.1 Å².